The Kier molecular flexibility index (Phi) is 9.02. The van der Waals surface area contributed by atoms with Gasteiger partial charge in [-0.25, -0.2) is 9.97 Å². The van der Waals surface area contributed by atoms with Crippen molar-refractivity contribution in [1.82, 2.24) is 14.9 Å². The van der Waals surface area contributed by atoms with Gasteiger partial charge in [-0.2, -0.15) is 26.3 Å². The molecule has 1 atom stereocenters. The minimum atomic E-state index is -4.54. The summed E-state index contributed by atoms with van der Waals surface area (Å²) in [5, 5.41) is 3.63. The van der Waals surface area contributed by atoms with E-state index in [2.05, 4.69) is 17.1 Å². The van der Waals surface area contributed by atoms with Crippen LogP contribution in [0.25, 0.3) is 10.9 Å². The fourth-order valence-electron chi connectivity index (χ4n) is 4.94. The zero-order chi connectivity index (χ0) is 28.9. The van der Waals surface area contributed by atoms with E-state index in [1.54, 1.807) is 18.2 Å². The number of aromatic nitrogens is 2. The van der Waals surface area contributed by atoms with E-state index in [4.69, 9.17) is 15.7 Å². The molecule has 0 aliphatic carbocycles. The summed E-state index contributed by atoms with van der Waals surface area (Å²) in [6.07, 6.45) is -2.04. The van der Waals surface area contributed by atoms with Gasteiger partial charge in [-0.3, -0.25) is 4.90 Å². The summed E-state index contributed by atoms with van der Waals surface area (Å²) in [5.74, 6) is 0.853. The Bertz CT molecular complexity index is 1360. The van der Waals surface area contributed by atoms with Gasteiger partial charge >= 0.3 is 12.4 Å². The Morgan fingerprint density at radius 1 is 1.05 bits per heavy atom. The molecule has 3 aromatic rings. The number of hydrogen-bond acceptors (Lipinski definition) is 5. The highest BCUT2D eigenvalue weighted by molar-refractivity contribution is 5.91. The molecule has 1 unspecified atom stereocenters. The summed E-state index contributed by atoms with van der Waals surface area (Å²) in [5.41, 5.74) is 4.94. The number of alkyl halides is 6. The van der Waals surface area contributed by atoms with Crippen molar-refractivity contribution in [3.8, 4) is 0 Å². The number of anilines is 2. The Morgan fingerprint density at radius 3 is 2.45 bits per heavy atom. The lowest BCUT2D eigenvalue weighted by Gasteiger charge is -2.34. The van der Waals surface area contributed by atoms with Crippen molar-refractivity contribution in [3.05, 3.63) is 83.3 Å². The molecule has 0 saturated carbocycles. The molecule has 0 spiro atoms. The van der Waals surface area contributed by atoms with Gasteiger partial charge in [0.05, 0.1) is 17.6 Å². The molecule has 1 aromatic heterocycles. The summed E-state index contributed by atoms with van der Waals surface area (Å²) in [6.45, 7) is 3.46. The molecule has 1 aliphatic rings. The molecule has 2 heterocycles. The predicted molar refractivity (Wildman–Crippen MR) is 144 cm³/mol. The minimum absolute atomic E-state index is 0.369. The van der Waals surface area contributed by atoms with Crippen LogP contribution < -0.4 is 11.1 Å². The number of benzene rings is 2. The molecule has 5 nitrogen and oxygen atoms in total. The maximum Gasteiger partial charge on any atom is 0.416 e. The van der Waals surface area contributed by atoms with E-state index in [9.17, 15) is 26.3 Å². The van der Waals surface area contributed by atoms with Crippen LogP contribution in [-0.2, 0) is 19.1 Å². The van der Waals surface area contributed by atoms with Gasteiger partial charge in [0, 0.05) is 29.1 Å². The van der Waals surface area contributed by atoms with Crippen molar-refractivity contribution >= 4 is 22.4 Å². The normalized spacial score (nSPS) is 17.6. The molecule has 2 aromatic carbocycles. The number of nitrogens with one attached hydrogen (secondary N) is 1. The molecule has 11 heteroatoms. The number of piperidine rings is 1. The minimum Gasteiger partial charge on any atom is -0.405 e. The molecule has 0 amide bonds. The molecule has 1 saturated heterocycles. The topological polar surface area (TPSA) is 67.1 Å². The molecule has 0 bridgehead atoms. The maximum atomic E-state index is 13.6. The van der Waals surface area contributed by atoms with E-state index in [-0.39, 0.29) is 6.42 Å². The van der Waals surface area contributed by atoms with Crippen molar-refractivity contribution in [2.75, 3.05) is 11.9 Å². The fourth-order valence-corrected chi connectivity index (χ4v) is 4.94. The lowest BCUT2D eigenvalue weighted by molar-refractivity contribution is -0.137. The highest BCUT2D eigenvalue weighted by Crippen LogP contribution is 2.33. The van der Waals surface area contributed by atoms with Crippen LogP contribution in [-0.4, -0.2) is 33.6 Å². The summed E-state index contributed by atoms with van der Waals surface area (Å²) >= 11 is 0. The number of nitrogens with zero attached hydrogens (tertiary/aromatic N) is 3. The Balaban J connectivity index is 1.73. The second-order valence-corrected chi connectivity index (χ2v) is 9.82. The molecule has 0 radical (unpaired) electrons. The van der Waals surface area contributed by atoms with Crippen LogP contribution in [0.3, 0.4) is 0 Å². The second-order valence-electron chi connectivity index (χ2n) is 9.82. The van der Waals surface area contributed by atoms with Gasteiger partial charge in [0.25, 0.3) is 0 Å². The van der Waals surface area contributed by atoms with Gasteiger partial charge in [-0.05, 0) is 80.0 Å². The third kappa shape index (κ3) is 7.32. The van der Waals surface area contributed by atoms with Crippen molar-refractivity contribution < 1.29 is 26.3 Å². The molecule has 4 rings (SSSR count). The summed E-state index contributed by atoms with van der Waals surface area (Å²) in [6, 6.07) is 9.74. The average molecular weight is 564 g/mol. The first-order valence-corrected chi connectivity index (χ1v) is 13.1. The standard InChI is InChI=1S/C29H31F6N5/c1-2-23-7-3-4-15-40(23)18-26-38-25-17-19(16-21(6-5-14-36)29(33,34)35)8-13-24(25)27(39-26)37-22-11-9-20(10-12-22)28(30,31)32/h5-6,8-14,17,23H,2-4,7,15-16,18,36H2,1H3,(H,37,38,39)/b14-5-,21-6+. The van der Waals surface area contributed by atoms with E-state index < -0.39 is 23.5 Å². The summed E-state index contributed by atoms with van der Waals surface area (Å²) in [4.78, 5) is 11.7. The van der Waals surface area contributed by atoms with Crippen LogP contribution in [0.5, 0.6) is 0 Å². The zero-order valence-electron chi connectivity index (χ0n) is 22.0. The molecule has 40 heavy (non-hydrogen) atoms. The van der Waals surface area contributed by atoms with Crippen LogP contribution in [0, 0.1) is 0 Å². The van der Waals surface area contributed by atoms with Crippen LogP contribution >= 0.6 is 0 Å². The number of allylic oxidation sites excluding steroid dienone is 3. The van der Waals surface area contributed by atoms with Crippen molar-refractivity contribution in [1.29, 1.82) is 0 Å². The largest absolute Gasteiger partial charge is 0.416 e. The van der Waals surface area contributed by atoms with Crippen LogP contribution in [0.2, 0.25) is 0 Å². The Labute approximate surface area is 228 Å². The van der Waals surface area contributed by atoms with E-state index >= 15 is 0 Å². The average Bonchev–Trinajstić information content (AvgIpc) is 2.90. The smallest absolute Gasteiger partial charge is 0.405 e. The first-order chi connectivity index (χ1) is 19.0. The highest BCUT2D eigenvalue weighted by Gasteiger charge is 2.33. The number of hydrogen-bond donors (Lipinski definition) is 2. The first-order valence-electron chi connectivity index (χ1n) is 13.1. The monoisotopic (exact) mass is 563 g/mol. The second kappa shape index (κ2) is 12.3. The number of nitrogens with two attached hydrogens (primary N) is 1. The Morgan fingerprint density at radius 2 is 1.80 bits per heavy atom. The van der Waals surface area contributed by atoms with Crippen molar-refractivity contribution in [2.45, 2.75) is 64.0 Å². The zero-order valence-corrected chi connectivity index (χ0v) is 22.0. The van der Waals surface area contributed by atoms with Crippen molar-refractivity contribution in [2.24, 2.45) is 5.73 Å². The molecule has 1 aliphatic heterocycles. The van der Waals surface area contributed by atoms with Gasteiger partial charge < -0.3 is 11.1 Å². The number of rotatable bonds is 8. The number of halogens is 6. The molecular formula is C29H31F6N5. The third-order valence-corrected chi connectivity index (χ3v) is 7.01. The lowest BCUT2D eigenvalue weighted by atomic mass is 10.00. The molecule has 3 N–H and O–H groups in total. The fraction of sp³-hybridized carbons (Fsp3) is 0.379. The molecular weight excluding hydrogens is 532 g/mol. The van der Waals surface area contributed by atoms with Gasteiger partial charge in [0.2, 0.25) is 0 Å². The SMILES string of the molecule is CCC1CCCCN1Cc1nc(Nc2ccc(C(F)(F)F)cc2)c2ccc(C/C(=C\C=C/N)C(F)(F)F)cc2n1. The predicted octanol–water partition coefficient (Wildman–Crippen LogP) is 7.66. The lowest BCUT2D eigenvalue weighted by Crippen LogP contribution is -2.38. The van der Waals surface area contributed by atoms with Gasteiger partial charge in [-0.1, -0.05) is 25.5 Å². The highest BCUT2D eigenvalue weighted by atomic mass is 19.4. The van der Waals surface area contributed by atoms with E-state index in [0.717, 1.165) is 62.7 Å². The first kappa shape index (κ1) is 29.4. The van der Waals surface area contributed by atoms with Crippen molar-refractivity contribution in [3.63, 3.8) is 0 Å². The molecule has 1 fully saturated rings. The van der Waals surface area contributed by atoms with Gasteiger partial charge in [0.1, 0.15) is 11.6 Å². The van der Waals surface area contributed by atoms with Crippen LogP contribution in [0.15, 0.2) is 66.4 Å². The van der Waals surface area contributed by atoms with Crippen LogP contribution in [0.4, 0.5) is 37.8 Å². The van der Waals surface area contributed by atoms with Gasteiger partial charge in [-0.15, -0.1) is 0 Å². The number of fused-ring (bicyclic) bond motifs is 1. The van der Waals surface area contributed by atoms with Crippen LogP contribution in [0.1, 0.15) is 49.6 Å². The van der Waals surface area contributed by atoms with E-state index in [1.807, 2.05) is 0 Å². The summed E-state index contributed by atoms with van der Waals surface area (Å²) < 4.78 is 79.9. The Hall–Kier alpha value is -3.60. The van der Waals surface area contributed by atoms with E-state index in [1.165, 1.54) is 12.1 Å². The third-order valence-electron chi connectivity index (χ3n) is 7.01. The quantitative estimate of drug-likeness (QED) is 0.218. The van der Waals surface area contributed by atoms with Gasteiger partial charge in [0.15, 0.2) is 0 Å². The maximum absolute atomic E-state index is 13.6. The molecule has 214 valence electrons. The van der Waals surface area contributed by atoms with E-state index in [0.29, 0.717) is 46.4 Å². The summed E-state index contributed by atoms with van der Waals surface area (Å²) in [7, 11) is 0. The number of likely N-dealkylation sites (tertiary alicyclic amines) is 1.